The smallest absolute Gasteiger partial charge is 0.340 e. The zero-order chi connectivity index (χ0) is 14.4. The van der Waals surface area contributed by atoms with Gasteiger partial charge in [-0.15, -0.1) is 0 Å². The van der Waals surface area contributed by atoms with E-state index in [1.807, 2.05) is 0 Å². The van der Waals surface area contributed by atoms with E-state index in [2.05, 4.69) is 14.8 Å². The Labute approximate surface area is 114 Å². The van der Waals surface area contributed by atoms with Gasteiger partial charge in [0.25, 0.3) is 5.91 Å². The van der Waals surface area contributed by atoms with E-state index in [4.69, 9.17) is 11.6 Å². The number of carbonyl (C=O) groups excluding carboxylic acids is 3. The van der Waals surface area contributed by atoms with Crippen molar-refractivity contribution in [2.75, 3.05) is 14.2 Å². The second kappa shape index (κ2) is 6.75. The van der Waals surface area contributed by atoms with Gasteiger partial charge in [-0.2, -0.15) is 0 Å². The molecule has 6 nitrogen and oxygen atoms in total. The number of methoxy groups -OCH3 is 2. The molecule has 0 spiro atoms. The van der Waals surface area contributed by atoms with Crippen molar-refractivity contribution in [1.82, 2.24) is 5.32 Å². The molecule has 1 amide bonds. The van der Waals surface area contributed by atoms with Gasteiger partial charge in [-0.05, 0) is 24.3 Å². The molecule has 0 aliphatic carbocycles. The summed E-state index contributed by atoms with van der Waals surface area (Å²) in [6, 6.07) is 4.45. The zero-order valence-corrected chi connectivity index (χ0v) is 11.1. The first-order valence-corrected chi connectivity index (χ1v) is 5.59. The standard InChI is InChI=1S/C12H12ClNO5/c1-18-11(16)9(12(17)19-2)14-10(15)7-3-5-8(13)6-4-7/h3-6,9H,1-2H3,(H,14,15). The highest BCUT2D eigenvalue weighted by molar-refractivity contribution is 6.30. The number of carbonyl (C=O) groups is 3. The number of esters is 2. The summed E-state index contributed by atoms with van der Waals surface area (Å²) in [5, 5.41) is 2.69. The minimum atomic E-state index is -1.50. The number of halogens is 1. The Balaban J connectivity index is 2.84. The van der Waals surface area contributed by atoms with E-state index in [0.29, 0.717) is 5.02 Å². The average molecular weight is 286 g/mol. The van der Waals surface area contributed by atoms with Crippen LogP contribution in [0.2, 0.25) is 5.02 Å². The normalized spacial score (nSPS) is 9.89. The number of nitrogens with one attached hydrogen (secondary N) is 1. The summed E-state index contributed by atoms with van der Waals surface area (Å²) >= 11 is 5.69. The van der Waals surface area contributed by atoms with Crippen molar-refractivity contribution in [2.24, 2.45) is 0 Å². The molecule has 102 valence electrons. The second-order valence-electron chi connectivity index (χ2n) is 3.46. The fourth-order valence-corrected chi connectivity index (χ4v) is 1.39. The average Bonchev–Trinajstić information content (AvgIpc) is 2.43. The highest BCUT2D eigenvalue weighted by Gasteiger charge is 2.30. The molecular formula is C12H12ClNO5. The largest absolute Gasteiger partial charge is 0.467 e. The molecule has 0 bridgehead atoms. The summed E-state index contributed by atoms with van der Waals surface area (Å²) in [7, 11) is 2.21. The SMILES string of the molecule is COC(=O)C(NC(=O)c1ccc(Cl)cc1)C(=O)OC. The molecule has 0 aliphatic heterocycles. The lowest BCUT2D eigenvalue weighted by atomic mass is 10.2. The van der Waals surface area contributed by atoms with E-state index >= 15 is 0 Å². The van der Waals surface area contributed by atoms with E-state index in [1.54, 1.807) is 0 Å². The number of ether oxygens (including phenoxy) is 2. The molecule has 0 saturated carbocycles. The maximum Gasteiger partial charge on any atom is 0.340 e. The van der Waals surface area contributed by atoms with Crippen molar-refractivity contribution in [1.29, 1.82) is 0 Å². The highest BCUT2D eigenvalue weighted by Crippen LogP contribution is 2.09. The Hall–Kier alpha value is -2.08. The predicted molar refractivity (Wildman–Crippen MR) is 66.7 cm³/mol. The second-order valence-corrected chi connectivity index (χ2v) is 3.90. The van der Waals surface area contributed by atoms with Gasteiger partial charge in [-0.1, -0.05) is 11.6 Å². The van der Waals surface area contributed by atoms with E-state index in [0.717, 1.165) is 14.2 Å². The van der Waals surface area contributed by atoms with Crippen molar-refractivity contribution < 1.29 is 23.9 Å². The van der Waals surface area contributed by atoms with Gasteiger partial charge in [-0.25, -0.2) is 9.59 Å². The summed E-state index contributed by atoms with van der Waals surface area (Å²) in [5.41, 5.74) is 0.252. The predicted octanol–water partition coefficient (Wildman–Crippen LogP) is 0.784. The lowest BCUT2D eigenvalue weighted by molar-refractivity contribution is -0.154. The first-order valence-electron chi connectivity index (χ1n) is 5.21. The Morgan fingerprint density at radius 1 is 1.05 bits per heavy atom. The van der Waals surface area contributed by atoms with Gasteiger partial charge < -0.3 is 14.8 Å². The van der Waals surface area contributed by atoms with Crippen LogP contribution in [0.5, 0.6) is 0 Å². The van der Waals surface area contributed by atoms with Gasteiger partial charge in [0, 0.05) is 10.6 Å². The number of amides is 1. The molecule has 0 fully saturated rings. The van der Waals surface area contributed by atoms with Crippen molar-refractivity contribution in [3.8, 4) is 0 Å². The lowest BCUT2D eigenvalue weighted by Gasteiger charge is -2.14. The van der Waals surface area contributed by atoms with Gasteiger partial charge >= 0.3 is 11.9 Å². The van der Waals surface area contributed by atoms with Crippen LogP contribution in [0.1, 0.15) is 10.4 Å². The van der Waals surface area contributed by atoms with Crippen LogP contribution in [-0.4, -0.2) is 38.1 Å². The molecule has 0 aliphatic rings. The lowest BCUT2D eigenvalue weighted by Crippen LogP contribution is -2.47. The van der Waals surface area contributed by atoms with Crippen LogP contribution in [0.15, 0.2) is 24.3 Å². The van der Waals surface area contributed by atoms with Crippen LogP contribution < -0.4 is 5.32 Å². The van der Waals surface area contributed by atoms with Gasteiger partial charge in [0.15, 0.2) is 0 Å². The molecule has 0 unspecified atom stereocenters. The minimum absolute atomic E-state index is 0.252. The molecule has 0 saturated heterocycles. The van der Waals surface area contributed by atoms with Crippen LogP contribution in [0.4, 0.5) is 0 Å². The maximum atomic E-state index is 11.8. The van der Waals surface area contributed by atoms with Crippen molar-refractivity contribution in [3.63, 3.8) is 0 Å². The van der Waals surface area contributed by atoms with Crippen LogP contribution in [-0.2, 0) is 19.1 Å². The van der Waals surface area contributed by atoms with Gasteiger partial charge in [0.2, 0.25) is 6.04 Å². The number of hydrogen-bond acceptors (Lipinski definition) is 5. The summed E-state index contributed by atoms with van der Waals surface area (Å²) in [6.45, 7) is 0. The third kappa shape index (κ3) is 3.96. The highest BCUT2D eigenvalue weighted by atomic mass is 35.5. The van der Waals surface area contributed by atoms with Gasteiger partial charge in [0.05, 0.1) is 14.2 Å². The fourth-order valence-electron chi connectivity index (χ4n) is 1.27. The maximum absolute atomic E-state index is 11.8. The Morgan fingerprint density at radius 3 is 1.95 bits per heavy atom. The molecule has 0 heterocycles. The molecule has 0 radical (unpaired) electrons. The Morgan fingerprint density at radius 2 is 1.53 bits per heavy atom. The van der Waals surface area contributed by atoms with E-state index < -0.39 is 23.9 Å². The fraction of sp³-hybridized carbons (Fsp3) is 0.250. The quantitative estimate of drug-likeness (QED) is 0.653. The van der Waals surface area contributed by atoms with Crippen LogP contribution in [0.25, 0.3) is 0 Å². The Bertz CT molecular complexity index is 469. The summed E-state index contributed by atoms with van der Waals surface area (Å²) in [4.78, 5) is 34.6. The van der Waals surface area contributed by atoms with Crippen LogP contribution in [0.3, 0.4) is 0 Å². The zero-order valence-electron chi connectivity index (χ0n) is 10.3. The molecule has 0 aromatic heterocycles. The van der Waals surface area contributed by atoms with Crippen LogP contribution >= 0.6 is 11.6 Å². The van der Waals surface area contributed by atoms with Crippen LogP contribution in [0, 0.1) is 0 Å². The molecule has 1 rings (SSSR count). The summed E-state index contributed by atoms with van der Waals surface area (Å²) in [6.07, 6.45) is 0. The van der Waals surface area contributed by atoms with E-state index in [9.17, 15) is 14.4 Å². The van der Waals surface area contributed by atoms with Gasteiger partial charge in [0.1, 0.15) is 0 Å². The third-order valence-electron chi connectivity index (χ3n) is 2.26. The molecule has 7 heteroatoms. The molecule has 1 N–H and O–H groups in total. The topological polar surface area (TPSA) is 81.7 Å². The van der Waals surface area contributed by atoms with Crippen molar-refractivity contribution >= 4 is 29.4 Å². The molecular weight excluding hydrogens is 274 g/mol. The first kappa shape index (κ1) is 15.0. The molecule has 1 aromatic carbocycles. The number of rotatable bonds is 4. The minimum Gasteiger partial charge on any atom is -0.467 e. The van der Waals surface area contributed by atoms with Crippen molar-refractivity contribution in [2.45, 2.75) is 6.04 Å². The number of hydrogen-bond donors (Lipinski definition) is 1. The Kier molecular flexibility index (Phi) is 5.32. The van der Waals surface area contributed by atoms with Crippen molar-refractivity contribution in [3.05, 3.63) is 34.9 Å². The molecule has 0 atom stereocenters. The third-order valence-corrected chi connectivity index (χ3v) is 2.51. The number of benzene rings is 1. The van der Waals surface area contributed by atoms with E-state index in [-0.39, 0.29) is 5.56 Å². The van der Waals surface area contributed by atoms with E-state index in [1.165, 1.54) is 24.3 Å². The monoisotopic (exact) mass is 285 g/mol. The molecule has 19 heavy (non-hydrogen) atoms. The van der Waals surface area contributed by atoms with Gasteiger partial charge in [-0.3, -0.25) is 4.79 Å². The summed E-state index contributed by atoms with van der Waals surface area (Å²) < 4.78 is 8.83. The molecule has 1 aromatic rings. The first-order chi connectivity index (χ1) is 8.99. The summed E-state index contributed by atoms with van der Waals surface area (Å²) in [5.74, 6) is -2.43.